The first kappa shape index (κ1) is 14.3. The smallest absolute Gasteiger partial charge is 0.358 e. The summed E-state index contributed by atoms with van der Waals surface area (Å²) in [6, 6.07) is 1.79. The molecule has 116 valence electrons. The van der Waals surface area contributed by atoms with Gasteiger partial charge in [-0.15, -0.1) is 5.10 Å². The molecular formula is C14H16N4O4. The Morgan fingerprint density at radius 2 is 2.32 bits per heavy atom. The van der Waals surface area contributed by atoms with E-state index in [2.05, 4.69) is 10.3 Å². The van der Waals surface area contributed by atoms with Crippen LogP contribution < -0.4 is 0 Å². The Balaban J connectivity index is 1.64. The van der Waals surface area contributed by atoms with E-state index < -0.39 is 5.97 Å². The Bertz CT molecular complexity index is 664. The monoisotopic (exact) mass is 304 g/mol. The quantitative estimate of drug-likeness (QED) is 0.877. The summed E-state index contributed by atoms with van der Waals surface area (Å²) in [5, 5.41) is 16.2. The van der Waals surface area contributed by atoms with Gasteiger partial charge in [-0.2, -0.15) is 0 Å². The molecule has 2 aromatic rings. The summed E-state index contributed by atoms with van der Waals surface area (Å²) in [5.74, 6) is -1.06. The maximum atomic E-state index is 12.4. The Kier molecular flexibility index (Phi) is 3.90. The van der Waals surface area contributed by atoms with Crippen LogP contribution in [0.5, 0.6) is 0 Å². The molecule has 0 aromatic carbocycles. The van der Waals surface area contributed by atoms with Crippen LogP contribution in [0.2, 0.25) is 0 Å². The van der Waals surface area contributed by atoms with Crippen LogP contribution in [0.25, 0.3) is 0 Å². The fourth-order valence-electron chi connectivity index (χ4n) is 2.72. The second-order valence-corrected chi connectivity index (χ2v) is 5.32. The number of aromatic nitrogens is 3. The van der Waals surface area contributed by atoms with E-state index in [1.54, 1.807) is 18.6 Å². The molecule has 3 rings (SSSR count). The SMILES string of the molecule is O=C(O)c1cn(CC2CCCN2C(=O)Cc2ccoc2)nn1. The van der Waals surface area contributed by atoms with Gasteiger partial charge in [-0.3, -0.25) is 4.79 Å². The van der Waals surface area contributed by atoms with Gasteiger partial charge in [0.25, 0.3) is 0 Å². The van der Waals surface area contributed by atoms with Crippen molar-refractivity contribution in [3.05, 3.63) is 36.0 Å². The second kappa shape index (κ2) is 6.00. The molecule has 1 saturated heterocycles. The number of carbonyl (C=O) groups excluding carboxylic acids is 1. The fraction of sp³-hybridized carbons (Fsp3) is 0.429. The molecule has 0 radical (unpaired) electrons. The maximum absolute atomic E-state index is 12.4. The van der Waals surface area contributed by atoms with Crippen molar-refractivity contribution in [2.75, 3.05) is 6.54 Å². The van der Waals surface area contributed by atoms with Crippen molar-refractivity contribution in [3.63, 3.8) is 0 Å². The van der Waals surface area contributed by atoms with Crippen LogP contribution >= 0.6 is 0 Å². The Morgan fingerprint density at radius 3 is 3.00 bits per heavy atom. The van der Waals surface area contributed by atoms with Gasteiger partial charge in [0, 0.05) is 6.54 Å². The number of furan rings is 1. The highest BCUT2D eigenvalue weighted by Gasteiger charge is 2.29. The molecule has 8 heteroatoms. The summed E-state index contributed by atoms with van der Waals surface area (Å²) in [4.78, 5) is 25.0. The standard InChI is InChI=1S/C14H16N4O4/c19-13(6-10-3-5-22-9-10)18-4-1-2-11(18)7-17-8-12(14(20)21)15-16-17/h3,5,8-9,11H,1-2,4,6-7H2,(H,20,21). The van der Waals surface area contributed by atoms with Crippen LogP contribution in [0.15, 0.2) is 29.2 Å². The van der Waals surface area contributed by atoms with E-state index in [1.165, 1.54) is 10.9 Å². The summed E-state index contributed by atoms with van der Waals surface area (Å²) in [5.41, 5.74) is 0.763. The average molecular weight is 304 g/mol. The minimum atomic E-state index is -1.11. The zero-order valence-electron chi connectivity index (χ0n) is 11.9. The number of rotatable bonds is 5. The molecule has 0 aliphatic carbocycles. The lowest BCUT2D eigenvalue weighted by molar-refractivity contribution is -0.131. The van der Waals surface area contributed by atoms with Crippen molar-refractivity contribution >= 4 is 11.9 Å². The van der Waals surface area contributed by atoms with Gasteiger partial charge in [-0.1, -0.05) is 5.21 Å². The molecule has 1 atom stereocenters. The number of amides is 1. The van der Waals surface area contributed by atoms with Gasteiger partial charge < -0.3 is 14.4 Å². The number of hydrogen-bond donors (Lipinski definition) is 1. The molecule has 2 aromatic heterocycles. The van der Waals surface area contributed by atoms with Gasteiger partial charge in [0.2, 0.25) is 5.91 Å². The number of hydrogen-bond acceptors (Lipinski definition) is 5. The summed E-state index contributed by atoms with van der Waals surface area (Å²) in [6.07, 6.45) is 6.62. The van der Waals surface area contributed by atoms with Gasteiger partial charge >= 0.3 is 5.97 Å². The van der Waals surface area contributed by atoms with Crippen molar-refractivity contribution in [1.82, 2.24) is 19.9 Å². The lowest BCUT2D eigenvalue weighted by Gasteiger charge is -2.24. The van der Waals surface area contributed by atoms with Gasteiger partial charge in [-0.25, -0.2) is 9.48 Å². The largest absolute Gasteiger partial charge is 0.476 e. The number of carboxylic acid groups (broad SMARTS) is 1. The number of likely N-dealkylation sites (tertiary alicyclic amines) is 1. The number of carbonyl (C=O) groups is 2. The topological polar surface area (TPSA) is 101 Å². The van der Waals surface area contributed by atoms with Crippen molar-refractivity contribution in [2.24, 2.45) is 0 Å². The van der Waals surface area contributed by atoms with Crippen molar-refractivity contribution in [3.8, 4) is 0 Å². The molecule has 22 heavy (non-hydrogen) atoms. The third-order valence-corrected chi connectivity index (χ3v) is 3.79. The highest BCUT2D eigenvalue weighted by atomic mass is 16.4. The Hall–Kier alpha value is -2.64. The Morgan fingerprint density at radius 1 is 1.45 bits per heavy atom. The van der Waals surface area contributed by atoms with E-state index in [0.717, 1.165) is 18.4 Å². The van der Waals surface area contributed by atoms with E-state index in [-0.39, 0.29) is 17.6 Å². The molecular weight excluding hydrogens is 288 g/mol. The van der Waals surface area contributed by atoms with Crippen LogP contribution in [-0.4, -0.2) is 49.5 Å². The molecule has 1 unspecified atom stereocenters. The first-order valence-corrected chi connectivity index (χ1v) is 7.07. The van der Waals surface area contributed by atoms with Gasteiger partial charge in [0.1, 0.15) is 0 Å². The lowest BCUT2D eigenvalue weighted by atomic mass is 10.2. The van der Waals surface area contributed by atoms with Crippen LogP contribution in [0.4, 0.5) is 0 Å². The summed E-state index contributed by atoms with van der Waals surface area (Å²) in [6.45, 7) is 1.17. The highest BCUT2D eigenvalue weighted by Crippen LogP contribution is 2.20. The molecule has 0 saturated carbocycles. The predicted octanol–water partition coefficient (Wildman–Crippen LogP) is 0.803. The first-order valence-electron chi connectivity index (χ1n) is 7.07. The van der Waals surface area contributed by atoms with Crippen molar-refractivity contribution < 1.29 is 19.1 Å². The molecule has 1 amide bonds. The number of nitrogens with zero attached hydrogens (tertiary/aromatic N) is 4. The van der Waals surface area contributed by atoms with E-state index in [1.807, 2.05) is 4.90 Å². The molecule has 1 fully saturated rings. The summed E-state index contributed by atoms with van der Waals surface area (Å²) in [7, 11) is 0. The third kappa shape index (κ3) is 3.00. The molecule has 3 heterocycles. The predicted molar refractivity (Wildman–Crippen MR) is 74.1 cm³/mol. The zero-order valence-corrected chi connectivity index (χ0v) is 11.9. The Labute approximate surface area is 126 Å². The minimum absolute atomic E-state index is 0.0164. The van der Waals surface area contributed by atoms with Crippen molar-refractivity contribution in [1.29, 1.82) is 0 Å². The van der Waals surface area contributed by atoms with Crippen LogP contribution in [0.1, 0.15) is 28.9 Å². The van der Waals surface area contributed by atoms with E-state index in [9.17, 15) is 9.59 Å². The maximum Gasteiger partial charge on any atom is 0.358 e. The third-order valence-electron chi connectivity index (χ3n) is 3.79. The molecule has 1 aliphatic heterocycles. The second-order valence-electron chi connectivity index (χ2n) is 5.32. The fourth-order valence-corrected chi connectivity index (χ4v) is 2.72. The van der Waals surface area contributed by atoms with Crippen LogP contribution in [-0.2, 0) is 17.8 Å². The first-order chi connectivity index (χ1) is 10.6. The molecule has 1 aliphatic rings. The summed E-state index contributed by atoms with van der Waals surface area (Å²) >= 11 is 0. The lowest BCUT2D eigenvalue weighted by Crippen LogP contribution is -2.39. The molecule has 0 spiro atoms. The van der Waals surface area contributed by atoms with Gasteiger partial charge in [-0.05, 0) is 24.5 Å². The van der Waals surface area contributed by atoms with E-state index >= 15 is 0 Å². The van der Waals surface area contributed by atoms with Crippen molar-refractivity contribution in [2.45, 2.75) is 31.8 Å². The van der Waals surface area contributed by atoms with Gasteiger partial charge in [0.15, 0.2) is 5.69 Å². The minimum Gasteiger partial charge on any atom is -0.476 e. The van der Waals surface area contributed by atoms with Gasteiger partial charge in [0.05, 0.1) is 37.7 Å². The highest BCUT2D eigenvalue weighted by molar-refractivity contribution is 5.84. The normalized spacial score (nSPS) is 17.8. The number of aromatic carboxylic acids is 1. The van der Waals surface area contributed by atoms with Crippen LogP contribution in [0.3, 0.4) is 0 Å². The molecule has 0 bridgehead atoms. The summed E-state index contributed by atoms with van der Waals surface area (Å²) < 4.78 is 6.46. The number of carboxylic acids is 1. The van der Waals surface area contributed by atoms with E-state index in [4.69, 9.17) is 9.52 Å². The molecule has 1 N–H and O–H groups in total. The van der Waals surface area contributed by atoms with E-state index in [0.29, 0.717) is 19.5 Å². The van der Waals surface area contributed by atoms with Crippen LogP contribution in [0, 0.1) is 0 Å². The molecule has 8 nitrogen and oxygen atoms in total. The average Bonchev–Trinajstić information content (AvgIpc) is 3.19. The zero-order chi connectivity index (χ0) is 15.5.